The highest BCUT2D eigenvalue weighted by Gasteiger charge is 2.29. The Balaban J connectivity index is 1.68. The molecule has 1 aromatic heterocycles. The number of aromatic nitrogens is 1. The zero-order chi connectivity index (χ0) is 22.8. The van der Waals surface area contributed by atoms with Gasteiger partial charge >= 0.3 is 5.97 Å². The molecule has 0 radical (unpaired) electrons. The van der Waals surface area contributed by atoms with Crippen molar-refractivity contribution in [2.75, 3.05) is 37.7 Å². The molecule has 1 aliphatic rings. The van der Waals surface area contributed by atoms with Crippen molar-refractivity contribution in [1.29, 1.82) is 0 Å². The lowest BCUT2D eigenvalue weighted by atomic mass is 10.1. The zero-order valence-electron chi connectivity index (χ0n) is 18.0. The molecule has 3 aromatic rings. The van der Waals surface area contributed by atoms with Crippen LogP contribution in [0.15, 0.2) is 53.3 Å². The Kier molecular flexibility index (Phi) is 5.94. The van der Waals surface area contributed by atoms with E-state index < -0.39 is 17.3 Å². The van der Waals surface area contributed by atoms with Gasteiger partial charge in [0.15, 0.2) is 0 Å². The molecule has 1 saturated heterocycles. The van der Waals surface area contributed by atoms with Gasteiger partial charge in [-0.05, 0) is 37.3 Å². The highest BCUT2D eigenvalue weighted by molar-refractivity contribution is 6.05. The molecular formula is C24H24FN3O4. The first-order chi connectivity index (χ1) is 15.4. The monoisotopic (exact) mass is 437 g/mol. The summed E-state index contributed by atoms with van der Waals surface area (Å²) in [4.78, 5) is 42.3. The van der Waals surface area contributed by atoms with E-state index in [1.807, 2.05) is 29.2 Å². The second-order valence-electron chi connectivity index (χ2n) is 7.61. The molecule has 8 heteroatoms. The normalized spacial score (nSPS) is 14.0. The fourth-order valence-corrected chi connectivity index (χ4v) is 4.10. The number of benzene rings is 2. The number of pyridine rings is 1. The van der Waals surface area contributed by atoms with E-state index in [1.165, 1.54) is 28.8 Å². The van der Waals surface area contributed by atoms with Gasteiger partial charge in [0.05, 0.1) is 17.8 Å². The summed E-state index contributed by atoms with van der Waals surface area (Å²) in [6.45, 7) is 3.55. The summed E-state index contributed by atoms with van der Waals surface area (Å²) in [5.74, 6) is -1.22. The second-order valence-corrected chi connectivity index (χ2v) is 7.61. The van der Waals surface area contributed by atoms with Crippen molar-refractivity contribution in [3.8, 4) is 0 Å². The van der Waals surface area contributed by atoms with Crippen LogP contribution in [0.4, 0.5) is 10.1 Å². The number of ether oxygens (including phenoxy) is 1. The number of rotatable bonds is 4. The fourth-order valence-electron chi connectivity index (χ4n) is 4.10. The molecule has 0 bridgehead atoms. The van der Waals surface area contributed by atoms with Gasteiger partial charge in [0.2, 0.25) is 0 Å². The fraction of sp³-hybridized carbons (Fsp3) is 0.292. The summed E-state index contributed by atoms with van der Waals surface area (Å²) in [6, 6.07) is 12.9. The Labute approximate surface area is 184 Å². The number of anilines is 1. The molecule has 166 valence electrons. The molecule has 2 heterocycles. The summed E-state index contributed by atoms with van der Waals surface area (Å²) in [6.07, 6.45) is 0. The van der Waals surface area contributed by atoms with Crippen molar-refractivity contribution >= 4 is 28.5 Å². The van der Waals surface area contributed by atoms with E-state index in [4.69, 9.17) is 4.74 Å². The molecule has 0 aliphatic carbocycles. The molecule has 32 heavy (non-hydrogen) atoms. The number of para-hydroxylation sites is 1. The molecule has 0 saturated carbocycles. The Hall–Kier alpha value is -3.68. The summed E-state index contributed by atoms with van der Waals surface area (Å²) in [7, 11) is 1.64. The zero-order valence-corrected chi connectivity index (χ0v) is 18.0. The number of carbonyl (C=O) groups is 2. The number of nitrogens with zero attached hydrogens (tertiary/aromatic N) is 3. The van der Waals surface area contributed by atoms with Crippen molar-refractivity contribution in [3.63, 3.8) is 0 Å². The summed E-state index contributed by atoms with van der Waals surface area (Å²) in [5.41, 5.74) is 1.26. The van der Waals surface area contributed by atoms with Crippen LogP contribution < -0.4 is 10.5 Å². The molecule has 0 atom stereocenters. The van der Waals surface area contributed by atoms with Crippen LogP contribution in [0.1, 0.15) is 27.6 Å². The van der Waals surface area contributed by atoms with E-state index in [9.17, 15) is 18.8 Å². The number of halogens is 1. The van der Waals surface area contributed by atoms with Gasteiger partial charge in [-0.2, -0.15) is 0 Å². The summed E-state index contributed by atoms with van der Waals surface area (Å²) >= 11 is 0. The van der Waals surface area contributed by atoms with Gasteiger partial charge in [-0.25, -0.2) is 9.18 Å². The third kappa shape index (κ3) is 3.84. The van der Waals surface area contributed by atoms with Crippen LogP contribution in [0.5, 0.6) is 0 Å². The van der Waals surface area contributed by atoms with Crippen LogP contribution in [-0.2, 0) is 11.8 Å². The minimum Gasteiger partial charge on any atom is -0.462 e. The largest absolute Gasteiger partial charge is 0.462 e. The van der Waals surface area contributed by atoms with E-state index in [1.54, 1.807) is 18.9 Å². The minimum atomic E-state index is -0.654. The number of hydrogen-bond donors (Lipinski definition) is 0. The van der Waals surface area contributed by atoms with Crippen molar-refractivity contribution < 1.29 is 18.7 Å². The standard InChI is InChI=1S/C24H24FN3O4/c1-3-32-24(31)20-21(18-6-4-5-7-19(18)26(2)23(20)30)27-12-14-28(15-13-27)22(29)16-8-10-17(25)11-9-16/h4-11H,3,12-15H2,1-2H3. The number of esters is 1. The lowest BCUT2D eigenvalue weighted by Crippen LogP contribution is -2.49. The van der Waals surface area contributed by atoms with Gasteiger partial charge in [0.1, 0.15) is 11.4 Å². The summed E-state index contributed by atoms with van der Waals surface area (Å²) < 4.78 is 19.8. The van der Waals surface area contributed by atoms with Crippen molar-refractivity contribution in [2.45, 2.75) is 6.92 Å². The molecule has 0 N–H and O–H groups in total. The number of amides is 1. The number of hydrogen-bond acceptors (Lipinski definition) is 5. The van der Waals surface area contributed by atoms with E-state index in [0.717, 1.165) is 5.39 Å². The predicted octanol–water partition coefficient (Wildman–Crippen LogP) is 2.82. The molecule has 1 fully saturated rings. The highest BCUT2D eigenvalue weighted by atomic mass is 19.1. The predicted molar refractivity (Wildman–Crippen MR) is 120 cm³/mol. The van der Waals surface area contributed by atoms with E-state index in [0.29, 0.717) is 42.9 Å². The van der Waals surface area contributed by atoms with Gasteiger partial charge in [0.25, 0.3) is 11.5 Å². The number of carbonyl (C=O) groups excluding carboxylic acids is 2. The maximum absolute atomic E-state index is 13.2. The molecule has 1 amide bonds. The third-order valence-corrected chi connectivity index (χ3v) is 5.73. The van der Waals surface area contributed by atoms with Crippen LogP contribution in [0.3, 0.4) is 0 Å². The molecule has 0 unspecified atom stereocenters. The van der Waals surface area contributed by atoms with Crippen molar-refractivity contribution in [1.82, 2.24) is 9.47 Å². The molecular weight excluding hydrogens is 413 g/mol. The number of fused-ring (bicyclic) bond motifs is 1. The average Bonchev–Trinajstić information content (AvgIpc) is 2.81. The van der Waals surface area contributed by atoms with Gasteiger partial charge in [-0.15, -0.1) is 0 Å². The maximum Gasteiger partial charge on any atom is 0.345 e. The Morgan fingerprint density at radius 3 is 2.31 bits per heavy atom. The van der Waals surface area contributed by atoms with Gasteiger partial charge in [-0.1, -0.05) is 18.2 Å². The maximum atomic E-state index is 13.2. The lowest BCUT2D eigenvalue weighted by molar-refractivity contribution is 0.0523. The number of piperazine rings is 1. The van der Waals surface area contributed by atoms with Crippen LogP contribution in [0.2, 0.25) is 0 Å². The summed E-state index contributed by atoms with van der Waals surface area (Å²) in [5, 5.41) is 0.774. The molecule has 7 nitrogen and oxygen atoms in total. The second kappa shape index (κ2) is 8.82. The van der Waals surface area contributed by atoms with Crippen LogP contribution in [-0.4, -0.2) is 54.1 Å². The molecule has 4 rings (SSSR count). The Morgan fingerprint density at radius 1 is 1.00 bits per heavy atom. The van der Waals surface area contributed by atoms with Crippen molar-refractivity contribution in [2.24, 2.45) is 7.05 Å². The topological polar surface area (TPSA) is 71.8 Å². The Bertz CT molecular complexity index is 1230. The van der Waals surface area contributed by atoms with Crippen LogP contribution in [0, 0.1) is 5.82 Å². The van der Waals surface area contributed by atoms with E-state index >= 15 is 0 Å². The average molecular weight is 437 g/mol. The van der Waals surface area contributed by atoms with Crippen LogP contribution >= 0.6 is 0 Å². The van der Waals surface area contributed by atoms with Gasteiger partial charge < -0.3 is 19.1 Å². The smallest absolute Gasteiger partial charge is 0.345 e. The van der Waals surface area contributed by atoms with Gasteiger partial charge in [-0.3, -0.25) is 9.59 Å². The molecule has 2 aromatic carbocycles. The van der Waals surface area contributed by atoms with E-state index in [-0.39, 0.29) is 18.1 Å². The molecule has 0 spiro atoms. The van der Waals surface area contributed by atoms with Gasteiger partial charge in [0, 0.05) is 44.2 Å². The minimum absolute atomic E-state index is 0.00589. The highest BCUT2D eigenvalue weighted by Crippen LogP contribution is 2.30. The Morgan fingerprint density at radius 2 is 1.66 bits per heavy atom. The number of aryl methyl sites for hydroxylation is 1. The lowest BCUT2D eigenvalue weighted by Gasteiger charge is -2.37. The quantitative estimate of drug-likeness (QED) is 0.587. The van der Waals surface area contributed by atoms with Crippen LogP contribution in [0.25, 0.3) is 10.9 Å². The SMILES string of the molecule is CCOC(=O)c1c(N2CCN(C(=O)c3ccc(F)cc3)CC2)c2ccccc2n(C)c1=O. The van der Waals surface area contributed by atoms with Crippen molar-refractivity contribution in [3.05, 3.63) is 75.8 Å². The molecule has 1 aliphatic heterocycles. The first-order valence-electron chi connectivity index (χ1n) is 10.5. The third-order valence-electron chi connectivity index (χ3n) is 5.73. The first kappa shape index (κ1) is 21.5. The van der Waals surface area contributed by atoms with E-state index in [2.05, 4.69) is 0 Å². The first-order valence-corrected chi connectivity index (χ1v) is 10.5.